The smallest absolute Gasteiger partial charge is 0.410 e. The third-order valence-corrected chi connectivity index (χ3v) is 7.12. The fourth-order valence-corrected chi connectivity index (χ4v) is 4.87. The summed E-state index contributed by atoms with van der Waals surface area (Å²) in [5.74, 6) is 0.666. The Labute approximate surface area is 203 Å². The van der Waals surface area contributed by atoms with Crippen LogP contribution in [-0.4, -0.2) is 57.1 Å². The van der Waals surface area contributed by atoms with Gasteiger partial charge in [0.25, 0.3) is 0 Å². The molecule has 2 aromatic rings. The molecule has 0 atom stereocenters. The van der Waals surface area contributed by atoms with Crippen LogP contribution in [0.4, 0.5) is 16.4 Å². The van der Waals surface area contributed by atoms with Crippen molar-refractivity contribution < 1.29 is 9.53 Å². The lowest BCUT2D eigenvalue weighted by atomic mass is 10.0. The first kappa shape index (κ1) is 24.5. The van der Waals surface area contributed by atoms with Crippen LogP contribution < -0.4 is 5.32 Å². The summed E-state index contributed by atoms with van der Waals surface area (Å²) < 4.78 is 5.69. The molecule has 7 heteroatoms. The maximum atomic E-state index is 12.5. The van der Waals surface area contributed by atoms with Crippen LogP contribution in [-0.2, 0) is 17.7 Å². The third-order valence-electron chi connectivity index (χ3n) is 7.12. The summed E-state index contributed by atoms with van der Waals surface area (Å²) >= 11 is 0. The topological polar surface area (TPSA) is 70.6 Å². The molecule has 1 fully saturated rings. The second-order valence-corrected chi connectivity index (χ2v) is 10.4. The number of fused-ring (bicyclic) bond motifs is 1. The van der Waals surface area contributed by atoms with Crippen LogP contribution in [0.3, 0.4) is 0 Å². The number of hydrogen-bond donors (Lipinski definition) is 1. The molecule has 0 saturated carbocycles. The number of ether oxygens (including phenoxy) is 1. The maximum absolute atomic E-state index is 12.5. The number of hydrogen-bond acceptors (Lipinski definition) is 6. The van der Waals surface area contributed by atoms with E-state index >= 15 is 0 Å². The molecule has 1 aromatic carbocycles. The number of carbonyl (C=O) groups excluding carboxylic acids is 1. The molecule has 0 aliphatic carbocycles. The van der Waals surface area contributed by atoms with Gasteiger partial charge in [-0.2, -0.15) is 0 Å². The minimum atomic E-state index is -0.408. The summed E-state index contributed by atoms with van der Waals surface area (Å²) in [5.41, 5.74) is 5.43. The summed E-state index contributed by atoms with van der Waals surface area (Å²) in [6.07, 6.45) is 6.63. The van der Waals surface area contributed by atoms with Crippen molar-refractivity contribution in [3.8, 4) is 0 Å². The van der Waals surface area contributed by atoms with Gasteiger partial charge in [-0.1, -0.05) is 13.0 Å². The van der Waals surface area contributed by atoms with E-state index in [1.165, 1.54) is 16.7 Å². The highest BCUT2D eigenvalue weighted by Gasteiger charge is 2.31. The number of aromatic nitrogens is 2. The third kappa shape index (κ3) is 6.06. The molecule has 1 N–H and O–H groups in total. The molecule has 2 aliphatic rings. The molecular weight excluding hydrogens is 426 g/mol. The molecule has 0 spiro atoms. The number of nitrogens with zero attached hydrogens (tertiary/aromatic N) is 4. The SMILES string of the molecule is CCC(C)(C)OC(=O)N1CCC(N2CCCc3nc(Nc4cc(C)cc(C)c4)ncc3C2)CC1. The van der Waals surface area contributed by atoms with Gasteiger partial charge < -0.3 is 15.0 Å². The van der Waals surface area contributed by atoms with Gasteiger partial charge in [-0.15, -0.1) is 0 Å². The van der Waals surface area contributed by atoms with E-state index < -0.39 is 5.60 Å². The average molecular weight is 466 g/mol. The van der Waals surface area contributed by atoms with Crippen molar-refractivity contribution in [2.24, 2.45) is 0 Å². The van der Waals surface area contributed by atoms with Crippen molar-refractivity contribution in [1.82, 2.24) is 19.8 Å². The van der Waals surface area contributed by atoms with Crippen molar-refractivity contribution in [3.63, 3.8) is 0 Å². The van der Waals surface area contributed by atoms with Gasteiger partial charge >= 0.3 is 6.09 Å². The molecule has 1 aromatic heterocycles. The van der Waals surface area contributed by atoms with Gasteiger partial charge in [0.1, 0.15) is 5.60 Å². The molecule has 1 saturated heterocycles. The van der Waals surface area contributed by atoms with Crippen LogP contribution >= 0.6 is 0 Å². The number of carbonyl (C=O) groups is 1. The van der Waals surface area contributed by atoms with E-state index in [9.17, 15) is 4.79 Å². The van der Waals surface area contributed by atoms with Crippen molar-refractivity contribution in [3.05, 3.63) is 46.8 Å². The number of anilines is 2. The number of amides is 1. The average Bonchev–Trinajstić information content (AvgIpc) is 3.00. The molecule has 4 rings (SSSR count). The zero-order valence-electron chi connectivity index (χ0n) is 21.4. The second kappa shape index (κ2) is 10.3. The Morgan fingerprint density at radius 2 is 1.85 bits per heavy atom. The highest BCUT2D eigenvalue weighted by Crippen LogP contribution is 2.26. The molecule has 34 heavy (non-hydrogen) atoms. The monoisotopic (exact) mass is 465 g/mol. The quantitative estimate of drug-likeness (QED) is 0.640. The number of rotatable bonds is 5. The van der Waals surface area contributed by atoms with E-state index in [0.29, 0.717) is 12.0 Å². The minimum absolute atomic E-state index is 0.177. The number of piperidine rings is 1. The lowest BCUT2D eigenvalue weighted by Gasteiger charge is -2.38. The van der Waals surface area contributed by atoms with Crippen LogP contribution in [0, 0.1) is 13.8 Å². The first-order valence-corrected chi connectivity index (χ1v) is 12.6. The van der Waals surface area contributed by atoms with Gasteiger partial charge in [-0.25, -0.2) is 14.8 Å². The number of nitrogens with one attached hydrogen (secondary N) is 1. The van der Waals surface area contributed by atoms with Crippen LogP contribution in [0.25, 0.3) is 0 Å². The Balaban J connectivity index is 1.36. The lowest BCUT2D eigenvalue weighted by Crippen LogP contribution is -2.48. The summed E-state index contributed by atoms with van der Waals surface area (Å²) in [6.45, 7) is 13.6. The zero-order chi connectivity index (χ0) is 24.3. The number of benzene rings is 1. The lowest BCUT2D eigenvalue weighted by molar-refractivity contribution is 0.00224. The normalized spacial score (nSPS) is 17.7. The van der Waals surface area contributed by atoms with Crippen LogP contribution in [0.5, 0.6) is 0 Å². The molecule has 184 valence electrons. The van der Waals surface area contributed by atoms with Gasteiger partial charge in [0.05, 0.1) is 5.69 Å². The predicted octanol–water partition coefficient (Wildman–Crippen LogP) is 5.37. The Bertz CT molecular complexity index is 994. The van der Waals surface area contributed by atoms with Crippen molar-refractivity contribution >= 4 is 17.7 Å². The zero-order valence-corrected chi connectivity index (χ0v) is 21.4. The standard InChI is InChI=1S/C27H39N5O2/c1-6-27(4,5)34-26(33)31-12-9-23(10-13-31)32-11-7-8-24-21(18-32)17-28-25(30-24)29-22-15-19(2)14-20(3)16-22/h14-17,23H,6-13,18H2,1-5H3,(H,28,29,30). The van der Waals surface area contributed by atoms with Crippen LogP contribution in [0.1, 0.15) is 68.8 Å². The highest BCUT2D eigenvalue weighted by atomic mass is 16.6. The van der Waals surface area contributed by atoms with Crippen molar-refractivity contribution in [2.45, 2.75) is 84.9 Å². The highest BCUT2D eigenvalue weighted by molar-refractivity contribution is 5.68. The molecule has 0 bridgehead atoms. The first-order chi connectivity index (χ1) is 16.2. The number of likely N-dealkylation sites (tertiary alicyclic amines) is 1. The summed E-state index contributed by atoms with van der Waals surface area (Å²) in [7, 11) is 0. The molecular formula is C27H39N5O2. The van der Waals surface area contributed by atoms with E-state index in [2.05, 4.69) is 47.2 Å². The maximum Gasteiger partial charge on any atom is 0.410 e. The van der Waals surface area contributed by atoms with Gasteiger partial charge in [0.15, 0.2) is 0 Å². The Morgan fingerprint density at radius 1 is 1.15 bits per heavy atom. The largest absolute Gasteiger partial charge is 0.443 e. The van der Waals surface area contributed by atoms with E-state index in [0.717, 1.165) is 69.7 Å². The fraction of sp³-hybridized carbons (Fsp3) is 0.593. The van der Waals surface area contributed by atoms with Crippen LogP contribution in [0.2, 0.25) is 0 Å². The van der Waals surface area contributed by atoms with E-state index in [-0.39, 0.29) is 6.09 Å². The molecule has 3 heterocycles. The van der Waals surface area contributed by atoms with E-state index in [4.69, 9.17) is 9.72 Å². The Morgan fingerprint density at radius 3 is 2.53 bits per heavy atom. The number of aryl methyl sites for hydroxylation is 3. The van der Waals surface area contributed by atoms with E-state index in [1.807, 2.05) is 31.9 Å². The summed E-state index contributed by atoms with van der Waals surface area (Å²) in [5, 5.41) is 3.38. The van der Waals surface area contributed by atoms with Gasteiger partial charge in [-0.3, -0.25) is 4.90 Å². The van der Waals surface area contributed by atoms with Gasteiger partial charge in [-0.05, 0) is 89.6 Å². The Kier molecular flexibility index (Phi) is 7.41. The second-order valence-electron chi connectivity index (χ2n) is 10.4. The molecule has 1 amide bonds. The molecule has 2 aliphatic heterocycles. The fourth-order valence-electron chi connectivity index (χ4n) is 4.87. The summed E-state index contributed by atoms with van der Waals surface area (Å²) in [4.78, 5) is 26.5. The van der Waals surface area contributed by atoms with E-state index in [1.54, 1.807) is 0 Å². The Hall–Kier alpha value is -2.67. The first-order valence-electron chi connectivity index (χ1n) is 12.6. The van der Waals surface area contributed by atoms with Crippen LogP contribution in [0.15, 0.2) is 24.4 Å². The van der Waals surface area contributed by atoms with Gasteiger partial charge in [0.2, 0.25) is 5.95 Å². The minimum Gasteiger partial charge on any atom is -0.443 e. The summed E-state index contributed by atoms with van der Waals surface area (Å²) in [6, 6.07) is 6.88. The van der Waals surface area contributed by atoms with Crippen molar-refractivity contribution in [1.29, 1.82) is 0 Å². The molecule has 0 unspecified atom stereocenters. The van der Waals surface area contributed by atoms with Crippen molar-refractivity contribution in [2.75, 3.05) is 25.0 Å². The predicted molar refractivity (Wildman–Crippen MR) is 135 cm³/mol. The molecule has 0 radical (unpaired) electrons. The van der Waals surface area contributed by atoms with Gasteiger partial charge in [0, 0.05) is 43.1 Å². The molecule has 7 nitrogen and oxygen atoms in total.